The zero-order chi connectivity index (χ0) is 19.3. The van der Waals surface area contributed by atoms with Gasteiger partial charge in [0.2, 0.25) is 0 Å². The minimum Gasteiger partial charge on any atom is -0.465 e. The van der Waals surface area contributed by atoms with Gasteiger partial charge in [-0.15, -0.1) is 0 Å². The van der Waals surface area contributed by atoms with Crippen LogP contribution in [0.4, 0.5) is 13.2 Å². The first-order chi connectivity index (χ1) is 12.8. The molecule has 0 amide bonds. The topological polar surface area (TPSA) is 47.8 Å². The van der Waals surface area contributed by atoms with Gasteiger partial charge in [0.1, 0.15) is 5.69 Å². The van der Waals surface area contributed by atoms with E-state index in [9.17, 15) is 22.8 Å². The Kier molecular flexibility index (Phi) is 3.69. The summed E-state index contributed by atoms with van der Waals surface area (Å²) in [4.78, 5) is 24.0. The van der Waals surface area contributed by atoms with Gasteiger partial charge in [0.05, 0.1) is 23.7 Å². The van der Waals surface area contributed by atoms with Crippen LogP contribution < -0.4 is 0 Å². The van der Waals surface area contributed by atoms with Crippen molar-refractivity contribution < 1.29 is 27.5 Å². The number of Topliss-reactive ketones (excluding diaryl/α,β-unsaturated/α-hetero) is 1. The number of fused-ring (bicyclic) bond motifs is 5. The Morgan fingerprint density at radius 1 is 0.926 bits per heavy atom. The molecule has 0 saturated carbocycles. The zero-order valence-corrected chi connectivity index (χ0v) is 14.0. The standard InChI is InChI=1S/C20H12F3NO3/c1-27-19(26)14-10-17(18(25)20(21,22)23)24-15-8-6-11-4-2-3-5-12(11)13(15)7-9-16(14)24/h2-10H,1H3. The van der Waals surface area contributed by atoms with Crippen LogP contribution in [0.2, 0.25) is 0 Å². The lowest BCUT2D eigenvalue weighted by Gasteiger charge is -2.11. The van der Waals surface area contributed by atoms with Gasteiger partial charge in [-0.2, -0.15) is 13.2 Å². The van der Waals surface area contributed by atoms with E-state index in [2.05, 4.69) is 4.74 Å². The smallest absolute Gasteiger partial charge is 0.456 e. The van der Waals surface area contributed by atoms with Gasteiger partial charge in [0.15, 0.2) is 0 Å². The van der Waals surface area contributed by atoms with E-state index in [-0.39, 0.29) is 11.1 Å². The minimum absolute atomic E-state index is 0.0971. The Balaban J connectivity index is 2.18. The van der Waals surface area contributed by atoms with Crippen molar-refractivity contribution in [2.75, 3.05) is 7.11 Å². The van der Waals surface area contributed by atoms with E-state index < -0.39 is 23.6 Å². The van der Waals surface area contributed by atoms with Gasteiger partial charge in [-0.25, -0.2) is 4.79 Å². The summed E-state index contributed by atoms with van der Waals surface area (Å²) >= 11 is 0. The fourth-order valence-electron chi connectivity index (χ4n) is 3.35. The molecule has 0 aliphatic carbocycles. The Labute approximate surface area is 150 Å². The number of esters is 1. The van der Waals surface area contributed by atoms with Gasteiger partial charge >= 0.3 is 12.1 Å². The Hall–Kier alpha value is -3.35. The van der Waals surface area contributed by atoms with Gasteiger partial charge in [-0.3, -0.25) is 4.79 Å². The molecule has 4 nitrogen and oxygen atoms in total. The molecule has 0 saturated heterocycles. The van der Waals surface area contributed by atoms with Crippen molar-refractivity contribution >= 4 is 38.9 Å². The molecule has 0 aliphatic rings. The molecule has 7 heteroatoms. The number of benzene rings is 2. The molecule has 136 valence electrons. The van der Waals surface area contributed by atoms with Crippen molar-refractivity contribution in [2.24, 2.45) is 0 Å². The van der Waals surface area contributed by atoms with Gasteiger partial charge < -0.3 is 9.14 Å². The van der Waals surface area contributed by atoms with Gasteiger partial charge in [-0.05, 0) is 29.0 Å². The summed E-state index contributed by atoms with van der Waals surface area (Å²) in [5, 5.41) is 2.41. The van der Waals surface area contributed by atoms with Crippen LogP contribution in [-0.4, -0.2) is 29.4 Å². The van der Waals surface area contributed by atoms with Crippen LogP contribution in [0, 0.1) is 0 Å². The third-order valence-electron chi connectivity index (χ3n) is 4.53. The van der Waals surface area contributed by atoms with Crippen LogP contribution in [0.15, 0.2) is 54.6 Å². The summed E-state index contributed by atoms with van der Waals surface area (Å²) < 4.78 is 45.2. The van der Waals surface area contributed by atoms with Crippen molar-refractivity contribution in [3.63, 3.8) is 0 Å². The second-order valence-corrected chi connectivity index (χ2v) is 6.04. The first kappa shape index (κ1) is 17.1. The molecule has 4 rings (SSSR count). The van der Waals surface area contributed by atoms with Gasteiger partial charge in [-0.1, -0.05) is 36.4 Å². The van der Waals surface area contributed by atoms with Crippen molar-refractivity contribution in [3.05, 3.63) is 65.9 Å². The molecule has 0 N–H and O–H groups in total. The van der Waals surface area contributed by atoms with E-state index in [4.69, 9.17) is 0 Å². The SMILES string of the molecule is COC(=O)c1cc(C(=O)C(F)(F)F)n2c1ccc1c3ccccc3ccc12. The zero-order valence-electron chi connectivity index (χ0n) is 14.0. The monoisotopic (exact) mass is 371 g/mol. The number of alkyl halides is 3. The number of carbonyl (C=O) groups excluding carboxylic acids is 2. The summed E-state index contributed by atoms with van der Waals surface area (Å²) in [6, 6.07) is 15.0. The van der Waals surface area contributed by atoms with Crippen LogP contribution in [0.5, 0.6) is 0 Å². The highest BCUT2D eigenvalue weighted by Gasteiger charge is 2.41. The minimum atomic E-state index is -5.07. The van der Waals surface area contributed by atoms with Crippen molar-refractivity contribution in [1.29, 1.82) is 0 Å². The highest BCUT2D eigenvalue weighted by Crippen LogP contribution is 2.32. The molecule has 4 aromatic rings. The number of pyridine rings is 1. The molecule has 27 heavy (non-hydrogen) atoms. The molecular weight excluding hydrogens is 359 g/mol. The van der Waals surface area contributed by atoms with Crippen LogP contribution in [0.1, 0.15) is 20.8 Å². The lowest BCUT2D eigenvalue weighted by Crippen LogP contribution is -2.24. The average molecular weight is 371 g/mol. The molecule has 0 unspecified atom stereocenters. The Morgan fingerprint density at radius 2 is 1.63 bits per heavy atom. The van der Waals surface area contributed by atoms with Crippen LogP contribution in [-0.2, 0) is 4.74 Å². The molecule has 0 fully saturated rings. The van der Waals surface area contributed by atoms with Crippen molar-refractivity contribution in [3.8, 4) is 0 Å². The third kappa shape index (κ3) is 2.54. The molecule has 2 heterocycles. The predicted octanol–water partition coefficient (Wildman–Crippen LogP) is 4.78. The normalized spacial score (nSPS) is 12.0. The van der Waals surface area contributed by atoms with E-state index in [1.54, 1.807) is 18.2 Å². The van der Waals surface area contributed by atoms with E-state index >= 15 is 0 Å². The highest BCUT2D eigenvalue weighted by atomic mass is 19.4. The number of aromatic nitrogens is 1. The van der Waals surface area contributed by atoms with E-state index in [1.807, 2.05) is 24.3 Å². The van der Waals surface area contributed by atoms with Crippen LogP contribution >= 0.6 is 0 Å². The van der Waals surface area contributed by atoms with E-state index in [0.717, 1.165) is 23.9 Å². The second-order valence-electron chi connectivity index (χ2n) is 6.04. The number of nitrogens with zero attached hydrogens (tertiary/aromatic N) is 1. The largest absolute Gasteiger partial charge is 0.465 e. The maximum atomic E-state index is 13.1. The quantitative estimate of drug-likeness (QED) is 0.290. The average Bonchev–Trinajstić information content (AvgIpc) is 3.05. The number of hydrogen-bond acceptors (Lipinski definition) is 3. The van der Waals surface area contributed by atoms with Gasteiger partial charge in [0, 0.05) is 5.39 Å². The van der Waals surface area contributed by atoms with Crippen molar-refractivity contribution in [2.45, 2.75) is 6.18 Å². The summed E-state index contributed by atoms with van der Waals surface area (Å²) in [6.45, 7) is 0. The maximum Gasteiger partial charge on any atom is 0.456 e. The summed E-state index contributed by atoms with van der Waals surface area (Å²) in [6.07, 6.45) is -5.07. The summed E-state index contributed by atoms with van der Waals surface area (Å²) in [5.74, 6) is -2.83. The van der Waals surface area contributed by atoms with Crippen molar-refractivity contribution in [1.82, 2.24) is 4.40 Å². The number of carbonyl (C=O) groups is 2. The van der Waals surface area contributed by atoms with E-state index in [1.165, 1.54) is 10.5 Å². The number of ether oxygens (including phenoxy) is 1. The molecular formula is C20H12F3NO3. The predicted molar refractivity (Wildman–Crippen MR) is 94.1 cm³/mol. The molecule has 2 aromatic carbocycles. The van der Waals surface area contributed by atoms with E-state index in [0.29, 0.717) is 10.9 Å². The maximum absolute atomic E-state index is 13.1. The lowest BCUT2D eigenvalue weighted by atomic mass is 10.0. The molecule has 0 bridgehead atoms. The fourth-order valence-corrected chi connectivity index (χ4v) is 3.35. The molecule has 2 aromatic heterocycles. The number of ketones is 1. The first-order valence-electron chi connectivity index (χ1n) is 7.98. The third-order valence-corrected chi connectivity index (χ3v) is 4.53. The Morgan fingerprint density at radius 3 is 2.33 bits per heavy atom. The number of rotatable bonds is 2. The first-order valence-corrected chi connectivity index (χ1v) is 7.98. The molecule has 0 atom stereocenters. The number of methoxy groups -OCH3 is 1. The molecule has 0 radical (unpaired) electrons. The van der Waals surface area contributed by atoms with Gasteiger partial charge in [0.25, 0.3) is 5.78 Å². The number of hydrogen-bond donors (Lipinski definition) is 0. The molecule has 0 spiro atoms. The fraction of sp³-hybridized carbons (Fsp3) is 0.100. The summed E-state index contributed by atoms with van der Waals surface area (Å²) in [7, 11) is 1.13. The lowest BCUT2D eigenvalue weighted by molar-refractivity contribution is -0.0888. The van der Waals surface area contributed by atoms with Crippen LogP contribution in [0.3, 0.4) is 0 Å². The Bertz CT molecular complexity index is 1240. The second kappa shape index (κ2) is 5.84. The number of halogens is 3. The summed E-state index contributed by atoms with van der Waals surface area (Å²) in [5.41, 5.74) is -0.148. The molecule has 0 aliphatic heterocycles. The van der Waals surface area contributed by atoms with Crippen LogP contribution in [0.25, 0.3) is 27.2 Å². The highest BCUT2D eigenvalue weighted by molar-refractivity contribution is 6.11.